The largest absolute Gasteiger partial charge is 0.386 e. The van der Waals surface area contributed by atoms with Crippen molar-refractivity contribution in [2.24, 2.45) is 4.99 Å². The molecule has 2 heterocycles. The van der Waals surface area contributed by atoms with Crippen LogP contribution in [0, 0.1) is 0 Å². The van der Waals surface area contributed by atoms with Gasteiger partial charge in [0.1, 0.15) is 0 Å². The molecule has 0 aromatic carbocycles. The summed E-state index contributed by atoms with van der Waals surface area (Å²) in [5.74, 6) is 0.703. The predicted molar refractivity (Wildman–Crippen MR) is 113 cm³/mol. The maximum atomic E-state index is 10.2. The lowest BCUT2D eigenvalue weighted by molar-refractivity contribution is 0.0168. The van der Waals surface area contributed by atoms with Crippen LogP contribution in [0.4, 0.5) is 0 Å². The van der Waals surface area contributed by atoms with Crippen LogP contribution in [0.2, 0.25) is 0 Å². The van der Waals surface area contributed by atoms with E-state index in [1.807, 2.05) is 6.92 Å². The van der Waals surface area contributed by atoms with Gasteiger partial charge in [-0.05, 0) is 43.9 Å². The quantitative estimate of drug-likeness (QED) is 0.206. The van der Waals surface area contributed by atoms with E-state index in [2.05, 4.69) is 20.6 Å². The molecule has 1 saturated heterocycles. The molecule has 2 rings (SSSR count). The lowest BCUT2D eigenvalue weighted by atomic mass is 10.1. The number of guanidine groups is 1. The molecule has 1 aliphatic heterocycles. The average Bonchev–Trinajstić information content (AvgIpc) is 3.16. The van der Waals surface area contributed by atoms with Crippen LogP contribution in [0.5, 0.6) is 0 Å². The number of halogens is 1. The van der Waals surface area contributed by atoms with E-state index in [1.54, 1.807) is 24.5 Å². The van der Waals surface area contributed by atoms with Gasteiger partial charge >= 0.3 is 0 Å². The summed E-state index contributed by atoms with van der Waals surface area (Å²) in [5.41, 5.74) is 0.817. The monoisotopic (exact) mass is 478 g/mol. The van der Waals surface area contributed by atoms with Crippen molar-refractivity contribution in [3.05, 3.63) is 30.1 Å². The second-order valence-electron chi connectivity index (χ2n) is 6.01. The van der Waals surface area contributed by atoms with Gasteiger partial charge in [0.05, 0.1) is 25.4 Å². The molecule has 0 amide bonds. The summed E-state index contributed by atoms with van der Waals surface area (Å²) in [6.45, 7) is 6.10. The molecule has 0 bridgehead atoms. The van der Waals surface area contributed by atoms with Gasteiger partial charge in [-0.25, -0.2) is 0 Å². The van der Waals surface area contributed by atoms with Crippen molar-refractivity contribution in [3.8, 4) is 0 Å². The van der Waals surface area contributed by atoms with Gasteiger partial charge in [-0.2, -0.15) is 0 Å². The maximum absolute atomic E-state index is 10.2. The molecule has 3 N–H and O–H groups in total. The lowest BCUT2D eigenvalue weighted by Crippen LogP contribution is -2.38. The fourth-order valence-corrected chi connectivity index (χ4v) is 2.58. The number of aliphatic imine (C=N–C) groups is 1. The van der Waals surface area contributed by atoms with E-state index in [0.717, 1.165) is 44.5 Å². The molecule has 0 spiro atoms. The standard InChI is InChI=1S/C18H30N4O3.HI/c1-2-20-18(22-13-17(23)15-6-9-19-10-7-15)21-8-4-11-24-14-16-5-3-12-25-16;/h6-7,9-10,16-17,23H,2-5,8,11-14H2,1H3,(H2,20,21,22);1H. The molecule has 2 atom stereocenters. The Bertz CT molecular complexity index is 498. The summed E-state index contributed by atoms with van der Waals surface area (Å²) in [5, 5.41) is 16.6. The first-order chi connectivity index (χ1) is 12.3. The number of ether oxygens (including phenoxy) is 2. The molecule has 1 aliphatic rings. The van der Waals surface area contributed by atoms with Crippen molar-refractivity contribution in [1.82, 2.24) is 15.6 Å². The number of aromatic nitrogens is 1. The minimum Gasteiger partial charge on any atom is -0.386 e. The number of aliphatic hydroxyl groups excluding tert-OH is 1. The molecule has 1 fully saturated rings. The van der Waals surface area contributed by atoms with Crippen molar-refractivity contribution in [1.29, 1.82) is 0 Å². The maximum Gasteiger partial charge on any atom is 0.191 e. The summed E-state index contributed by atoms with van der Waals surface area (Å²) in [7, 11) is 0. The van der Waals surface area contributed by atoms with Crippen LogP contribution in [0.1, 0.15) is 37.9 Å². The van der Waals surface area contributed by atoms with E-state index in [-0.39, 0.29) is 30.1 Å². The first-order valence-corrected chi connectivity index (χ1v) is 9.09. The van der Waals surface area contributed by atoms with Crippen molar-refractivity contribution in [3.63, 3.8) is 0 Å². The molecule has 7 nitrogen and oxygen atoms in total. The molecule has 8 heteroatoms. The SMILES string of the molecule is CCNC(=NCC(O)c1ccncc1)NCCCOCC1CCCO1.I. The molecular weight excluding hydrogens is 447 g/mol. The highest BCUT2D eigenvalue weighted by Gasteiger charge is 2.14. The van der Waals surface area contributed by atoms with E-state index in [4.69, 9.17) is 9.47 Å². The van der Waals surface area contributed by atoms with E-state index < -0.39 is 6.10 Å². The van der Waals surface area contributed by atoms with Crippen molar-refractivity contribution >= 4 is 29.9 Å². The second-order valence-corrected chi connectivity index (χ2v) is 6.01. The Morgan fingerprint density at radius 3 is 2.92 bits per heavy atom. The highest BCUT2D eigenvalue weighted by Crippen LogP contribution is 2.12. The highest BCUT2D eigenvalue weighted by atomic mass is 127. The topological polar surface area (TPSA) is 88.0 Å². The van der Waals surface area contributed by atoms with Gasteiger partial charge in [0.15, 0.2) is 5.96 Å². The molecule has 0 aliphatic carbocycles. The van der Waals surface area contributed by atoms with Gasteiger partial charge in [0.25, 0.3) is 0 Å². The van der Waals surface area contributed by atoms with Crippen LogP contribution in [-0.2, 0) is 9.47 Å². The molecule has 26 heavy (non-hydrogen) atoms. The van der Waals surface area contributed by atoms with Crippen molar-refractivity contribution in [2.75, 3.05) is 39.5 Å². The smallest absolute Gasteiger partial charge is 0.191 e. The number of rotatable bonds is 10. The number of aliphatic hydroxyl groups is 1. The van der Waals surface area contributed by atoms with Crippen molar-refractivity contribution < 1.29 is 14.6 Å². The zero-order valence-corrected chi connectivity index (χ0v) is 17.7. The summed E-state index contributed by atoms with van der Waals surface area (Å²) in [6, 6.07) is 3.60. The summed E-state index contributed by atoms with van der Waals surface area (Å²) >= 11 is 0. The third-order valence-electron chi connectivity index (χ3n) is 3.94. The number of nitrogens with zero attached hydrogens (tertiary/aromatic N) is 2. The summed E-state index contributed by atoms with van der Waals surface area (Å²) in [4.78, 5) is 8.38. The predicted octanol–water partition coefficient (Wildman–Crippen LogP) is 1.87. The average molecular weight is 478 g/mol. The van der Waals surface area contributed by atoms with Crippen LogP contribution < -0.4 is 10.6 Å². The van der Waals surface area contributed by atoms with Gasteiger partial charge in [0, 0.05) is 38.7 Å². The number of hydrogen-bond donors (Lipinski definition) is 3. The molecule has 2 unspecified atom stereocenters. The Kier molecular flexibility index (Phi) is 12.5. The number of hydrogen-bond acceptors (Lipinski definition) is 5. The highest BCUT2D eigenvalue weighted by molar-refractivity contribution is 14.0. The Morgan fingerprint density at radius 2 is 2.23 bits per heavy atom. The third kappa shape index (κ3) is 9.11. The van der Waals surface area contributed by atoms with Crippen LogP contribution in [-0.4, -0.2) is 61.6 Å². The minimum absolute atomic E-state index is 0. The fraction of sp³-hybridized carbons (Fsp3) is 0.667. The summed E-state index contributed by atoms with van der Waals surface area (Å²) < 4.78 is 11.2. The van der Waals surface area contributed by atoms with E-state index >= 15 is 0 Å². The second kappa shape index (κ2) is 14.1. The first-order valence-electron chi connectivity index (χ1n) is 9.09. The molecule has 148 valence electrons. The normalized spacial score (nSPS) is 18.2. The zero-order chi connectivity index (χ0) is 17.7. The lowest BCUT2D eigenvalue weighted by Gasteiger charge is -2.14. The van der Waals surface area contributed by atoms with Gasteiger partial charge < -0.3 is 25.2 Å². The van der Waals surface area contributed by atoms with Crippen LogP contribution in [0.15, 0.2) is 29.5 Å². The molecule has 0 radical (unpaired) electrons. The Morgan fingerprint density at radius 1 is 1.42 bits per heavy atom. The minimum atomic E-state index is -0.631. The van der Waals surface area contributed by atoms with Gasteiger partial charge in [-0.1, -0.05) is 0 Å². The van der Waals surface area contributed by atoms with E-state index in [1.165, 1.54) is 0 Å². The number of pyridine rings is 1. The van der Waals surface area contributed by atoms with Crippen LogP contribution in [0.3, 0.4) is 0 Å². The molecule has 0 saturated carbocycles. The molecular formula is C18H31IN4O3. The third-order valence-corrected chi connectivity index (χ3v) is 3.94. The van der Waals surface area contributed by atoms with Gasteiger partial charge in [0.2, 0.25) is 0 Å². The molecule has 1 aromatic heterocycles. The van der Waals surface area contributed by atoms with E-state index in [9.17, 15) is 5.11 Å². The number of nitrogens with one attached hydrogen (secondary N) is 2. The Hall–Kier alpha value is -0.970. The Labute approximate surface area is 173 Å². The van der Waals surface area contributed by atoms with Crippen LogP contribution >= 0.6 is 24.0 Å². The van der Waals surface area contributed by atoms with Gasteiger partial charge in [-0.15, -0.1) is 24.0 Å². The Balaban J connectivity index is 0.00000338. The van der Waals surface area contributed by atoms with E-state index in [0.29, 0.717) is 25.7 Å². The van der Waals surface area contributed by atoms with Crippen LogP contribution in [0.25, 0.3) is 0 Å². The zero-order valence-electron chi connectivity index (χ0n) is 15.4. The first kappa shape index (κ1) is 23.1. The van der Waals surface area contributed by atoms with Crippen molar-refractivity contribution in [2.45, 2.75) is 38.4 Å². The summed E-state index contributed by atoms with van der Waals surface area (Å²) in [6.07, 6.45) is 6.13. The fourth-order valence-electron chi connectivity index (χ4n) is 2.58. The van der Waals surface area contributed by atoms with Gasteiger partial charge in [-0.3, -0.25) is 9.98 Å². The molecule has 1 aromatic rings.